The van der Waals surface area contributed by atoms with E-state index in [-0.39, 0.29) is 11.7 Å². The Bertz CT molecular complexity index is 927. The first-order valence-electron chi connectivity index (χ1n) is 7.90. The lowest BCUT2D eigenvalue weighted by Crippen LogP contribution is -2.02. The largest absolute Gasteiger partial charge is 0.289 e. The Labute approximate surface area is 149 Å². The normalized spacial score (nSPS) is 18.0. The predicted octanol–water partition coefficient (Wildman–Crippen LogP) is 5.86. The quantitative estimate of drug-likeness (QED) is 0.513. The van der Waals surface area contributed by atoms with Crippen LogP contribution in [-0.2, 0) is 0 Å². The summed E-state index contributed by atoms with van der Waals surface area (Å²) >= 11 is 3.48. The topological polar surface area (TPSA) is 17.1 Å². The molecule has 1 aliphatic carbocycles. The number of carbonyl (C=O) groups is 1. The van der Waals surface area contributed by atoms with Gasteiger partial charge in [0.15, 0.2) is 5.78 Å². The zero-order valence-electron chi connectivity index (χ0n) is 12.9. The van der Waals surface area contributed by atoms with E-state index < -0.39 is 0 Å². The van der Waals surface area contributed by atoms with Gasteiger partial charge in [-0.1, -0.05) is 82.7 Å². The third-order valence-corrected chi connectivity index (χ3v) is 4.89. The first-order chi connectivity index (χ1) is 11.7. The molecule has 1 nitrogen and oxygen atoms in total. The van der Waals surface area contributed by atoms with E-state index in [0.717, 1.165) is 32.3 Å². The van der Waals surface area contributed by atoms with Crippen molar-refractivity contribution in [2.75, 3.05) is 0 Å². The lowest BCUT2D eigenvalue weighted by molar-refractivity contribution is 0.103. The van der Waals surface area contributed by atoms with E-state index in [1.807, 2.05) is 66.7 Å². The van der Waals surface area contributed by atoms with Crippen LogP contribution in [0.15, 0.2) is 88.9 Å². The molecule has 4 rings (SSSR count). The van der Waals surface area contributed by atoms with Crippen LogP contribution < -0.4 is 0 Å². The van der Waals surface area contributed by atoms with E-state index in [9.17, 15) is 4.79 Å². The molecule has 0 spiro atoms. The number of rotatable bonds is 2. The van der Waals surface area contributed by atoms with Gasteiger partial charge in [0.1, 0.15) is 0 Å². The van der Waals surface area contributed by atoms with Crippen molar-refractivity contribution in [3.8, 4) is 0 Å². The number of fused-ring (bicyclic) bond motifs is 1. The van der Waals surface area contributed by atoms with Crippen LogP contribution in [0.4, 0.5) is 0 Å². The summed E-state index contributed by atoms with van der Waals surface area (Å²) in [5.41, 5.74) is 4.90. The Balaban J connectivity index is 1.92. The van der Waals surface area contributed by atoms with Crippen LogP contribution in [0.2, 0.25) is 0 Å². The molecule has 0 fully saturated rings. The lowest BCUT2D eigenvalue weighted by Gasteiger charge is -2.14. The molecule has 0 N–H and O–H groups in total. The average Bonchev–Trinajstić information content (AvgIpc) is 2.89. The van der Waals surface area contributed by atoms with Crippen molar-refractivity contribution < 1.29 is 4.79 Å². The zero-order chi connectivity index (χ0) is 16.5. The molecule has 24 heavy (non-hydrogen) atoms. The Kier molecular flexibility index (Phi) is 3.91. The molecule has 0 heterocycles. The number of halogens is 1. The Morgan fingerprint density at radius 1 is 0.833 bits per heavy atom. The van der Waals surface area contributed by atoms with Gasteiger partial charge in [-0.05, 0) is 34.9 Å². The van der Waals surface area contributed by atoms with Gasteiger partial charge in [-0.2, -0.15) is 0 Å². The maximum Gasteiger partial charge on any atom is 0.190 e. The fraction of sp³-hybridized carbons (Fsp3) is 0.0455. The van der Waals surface area contributed by atoms with Gasteiger partial charge in [0.2, 0.25) is 0 Å². The summed E-state index contributed by atoms with van der Waals surface area (Å²) in [4.78, 5) is 13.0. The van der Waals surface area contributed by atoms with Crippen LogP contribution in [0.3, 0.4) is 0 Å². The minimum Gasteiger partial charge on any atom is -0.289 e. The van der Waals surface area contributed by atoms with Crippen LogP contribution >= 0.6 is 15.9 Å². The van der Waals surface area contributed by atoms with Crippen molar-refractivity contribution in [1.82, 2.24) is 0 Å². The number of carbonyl (C=O) groups excluding carboxylic acids is 1. The molecule has 0 bridgehead atoms. The van der Waals surface area contributed by atoms with Crippen LogP contribution in [-0.4, -0.2) is 5.78 Å². The second-order valence-corrected chi connectivity index (χ2v) is 6.83. The number of hydrogen-bond acceptors (Lipinski definition) is 1. The van der Waals surface area contributed by atoms with Crippen LogP contribution in [0.25, 0.3) is 6.08 Å². The van der Waals surface area contributed by atoms with Crippen LogP contribution in [0, 0.1) is 0 Å². The van der Waals surface area contributed by atoms with Gasteiger partial charge in [-0.3, -0.25) is 4.79 Å². The summed E-state index contributed by atoms with van der Waals surface area (Å²) in [5, 5.41) is 0. The summed E-state index contributed by atoms with van der Waals surface area (Å²) in [6.45, 7) is 0. The van der Waals surface area contributed by atoms with Crippen LogP contribution in [0.5, 0.6) is 0 Å². The van der Waals surface area contributed by atoms with Gasteiger partial charge in [0, 0.05) is 21.5 Å². The summed E-state index contributed by atoms with van der Waals surface area (Å²) in [6.07, 6.45) is 2.02. The molecule has 2 heteroatoms. The van der Waals surface area contributed by atoms with Crippen molar-refractivity contribution in [2.24, 2.45) is 0 Å². The molecule has 116 valence electrons. The molecule has 0 radical (unpaired) electrons. The first kappa shape index (κ1) is 15.1. The summed E-state index contributed by atoms with van der Waals surface area (Å²) < 4.78 is 0.933. The highest BCUT2D eigenvalue weighted by Gasteiger charge is 2.35. The second kappa shape index (κ2) is 6.21. The number of allylic oxidation sites excluding steroid dienone is 1. The number of Topliss-reactive ketones (excluding diaryl/α,β-unsaturated/α-hetero) is 1. The van der Waals surface area contributed by atoms with Crippen molar-refractivity contribution >= 4 is 27.8 Å². The maximum absolute atomic E-state index is 13.0. The van der Waals surface area contributed by atoms with E-state index in [1.165, 1.54) is 0 Å². The lowest BCUT2D eigenvalue weighted by atomic mass is 9.89. The molecule has 1 aliphatic rings. The highest BCUT2D eigenvalue weighted by molar-refractivity contribution is 9.10. The number of benzene rings is 3. The van der Waals surface area contributed by atoms with Crippen molar-refractivity contribution in [3.63, 3.8) is 0 Å². The van der Waals surface area contributed by atoms with E-state index in [2.05, 4.69) is 34.1 Å². The fourth-order valence-corrected chi connectivity index (χ4v) is 3.67. The first-order valence-corrected chi connectivity index (χ1v) is 8.69. The fourth-order valence-electron chi connectivity index (χ4n) is 3.31. The molecule has 3 aromatic rings. The van der Waals surface area contributed by atoms with Gasteiger partial charge in [-0.15, -0.1) is 0 Å². The van der Waals surface area contributed by atoms with E-state index >= 15 is 0 Å². The average molecular weight is 375 g/mol. The van der Waals surface area contributed by atoms with E-state index in [1.54, 1.807) is 0 Å². The third-order valence-electron chi connectivity index (χ3n) is 4.40. The SMILES string of the molecule is O=C1/C(=C/c2ccccc2)[C@@H](c2ccccc2)c2ccc(Br)cc21. The smallest absolute Gasteiger partial charge is 0.190 e. The van der Waals surface area contributed by atoms with Crippen molar-refractivity contribution in [1.29, 1.82) is 0 Å². The standard InChI is InChI=1S/C22H15BrO/c23-17-11-12-18-19(14-17)22(24)20(13-15-7-3-1-4-8-15)21(18)16-9-5-2-6-10-16/h1-14,21H/b20-13+/t21-/m0/s1. The molecule has 0 aliphatic heterocycles. The summed E-state index contributed by atoms with van der Waals surface area (Å²) in [6, 6.07) is 26.3. The van der Waals surface area contributed by atoms with Gasteiger partial charge in [0.25, 0.3) is 0 Å². The van der Waals surface area contributed by atoms with Crippen LogP contribution in [0.1, 0.15) is 33.0 Å². The van der Waals surface area contributed by atoms with E-state index in [4.69, 9.17) is 0 Å². The number of ketones is 1. The molecule has 0 saturated heterocycles. The second-order valence-electron chi connectivity index (χ2n) is 5.91. The highest BCUT2D eigenvalue weighted by Crippen LogP contribution is 2.43. The Hall–Kier alpha value is -2.45. The predicted molar refractivity (Wildman–Crippen MR) is 101 cm³/mol. The molecular weight excluding hydrogens is 360 g/mol. The molecular formula is C22H15BrO. The molecule has 0 unspecified atom stereocenters. The monoisotopic (exact) mass is 374 g/mol. The van der Waals surface area contributed by atoms with Gasteiger partial charge >= 0.3 is 0 Å². The minimum absolute atomic E-state index is 0.0120. The van der Waals surface area contributed by atoms with Crippen molar-refractivity contribution in [3.05, 3.63) is 111 Å². The summed E-state index contributed by atoms with van der Waals surface area (Å²) in [5.74, 6) is 0.103. The van der Waals surface area contributed by atoms with Gasteiger partial charge in [0.05, 0.1) is 0 Å². The zero-order valence-corrected chi connectivity index (χ0v) is 14.5. The molecule has 0 amide bonds. The maximum atomic E-state index is 13.0. The highest BCUT2D eigenvalue weighted by atomic mass is 79.9. The van der Waals surface area contributed by atoms with E-state index in [0.29, 0.717) is 0 Å². The third kappa shape index (κ3) is 2.63. The van der Waals surface area contributed by atoms with Gasteiger partial charge in [-0.25, -0.2) is 0 Å². The molecule has 0 aromatic heterocycles. The molecule has 0 saturated carbocycles. The minimum atomic E-state index is -0.0120. The molecule has 3 aromatic carbocycles. The Morgan fingerprint density at radius 2 is 1.50 bits per heavy atom. The van der Waals surface area contributed by atoms with Gasteiger partial charge < -0.3 is 0 Å². The molecule has 1 atom stereocenters. The van der Waals surface area contributed by atoms with Crippen molar-refractivity contribution in [2.45, 2.75) is 5.92 Å². The summed E-state index contributed by atoms with van der Waals surface area (Å²) in [7, 11) is 0. The Morgan fingerprint density at radius 3 is 2.21 bits per heavy atom. The number of hydrogen-bond donors (Lipinski definition) is 0.